The van der Waals surface area contributed by atoms with Gasteiger partial charge in [-0.15, -0.1) is 0 Å². The van der Waals surface area contributed by atoms with E-state index in [-0.39, 0.29) is 5.91 Å². The Morgan fingerprint density at radius 3 is 2.50 bits per heavy atom. The highest BCUT2D eigenvalue weighted by Crippen LogP contribution is 2.24. The molecule has 134 valence electrons. The van der Waals surface area contributed by atoms with E-state index in [9.17, 15) is 29.1 Å². The predicted molar refractivity (Wildman–Crippen MR) is 89.7 cm³/mol. The van der Waals surface area contributed by atoms with Crippen LogP contribution in [0.2, 0.25) is 0 Å². The molecule has 1 aliphatic rings. The molecular formula is C18H15NO7. The third kappa shape index (κ3) is 4.10. The molecule has 0 fully saturated rings. The number of ether oxygens (including phenoxy) is 1. The summed E-state index contributed by atoms with van der Waals surface area (Å²) < 4.78 is 4.36. The van der Waals surface area contributed by atoms with Gasteiger partial charge in [0, 0.05) is 12.6 Å². The van der Waals surface area contributed by atoms with E-state index in [0.717, 1.165) is 13.0 Å². The number of aliphatic hydroxyl groups excluding tert-OH is 1. The highest BCUT2D eigenvalue weighted by atomic mass is 16.6. The van der Waals surface area contributed by atoms with Crippen molar-refractivity contribution in [2.24, 2.45) is 5.92 Å². The summed E-state index contributed by atoms with van der Waals surface area (Å²) in [6, 6.07) is 6.53. The lowest BCUT2D eigenvalue weighted by molar-refractivity contribution is -0.163. The number of ketones is 2. The van der Waals surface area contributed by atoms with Crippen LogP contribution in [0.25, 0.3) is 6.08 Å². The minimum absolute atomic E-state index is 0.261. The second kappa shape index (κ2) is 7.56. The Bertz CT molecular complexity index is 879. The van der Waals surface area contributed by atoms with Crippen molar-refractivity contribution in [2.75, 3.05) is 5.32 Å². The molecule has 8 heteroatoms. The summed E-state index contributed by atoms with van der Waals surface area (Å²) in [5, 5.41) is 12.6. The Morgan fingerprint density at radius 1 is 1.19 bits per heavy atom. The van der Waals surface area contributed by atoms with Crippen molar-refractivity contribution in [3.8, 4) is 0 Å². The van der Waals surface area contributed by atoms with E-state index in [4.69, 9.17) is 0 Å². The second-order valence-corrected chi connectivity index (χ2v) is 5.50. The average Bonchev–Trinajstić information content (AvgIpc) is 2.51. The van der Waals surface area contributed by atoms with E-state index >= 15 is 0 Å². The first kappa shape index (κ1) is 18.8. The molecule has 0 aliphatic carbocycles. The van der Waals surface area contributed by atoms with Crippen LogP contribution in [0.4, 0.5) is 5.69 Å². The van der Waals surface area contributed by atoms with E-state index < -0.39 is 40.8 Å². The van der Waals surface area contributed by atoms with Crippen LogP contribution >= 0.6 is 0 Å². The van der Waals surface area contributed by atoms with Gasteiger partial charge in [0.2, 0.25) is 5.91 Å². The van der Waals surface area contributed by atoms with Gasteiger partial charge in [-0.3, -0.25) is 19.2 Å². The van der Waals surface area contributed by atoms with E-state index in [0.29, 0.717) is 11.3 Å². The maximum atomic E-state index is 12.3. The summed E-state index contributed by atoms with van der Waals surface area (Å²) in [7, 11) is 0. The van der Waals surface area contributed by atoms with Gasteiger partial charge in [-0.25, -0.2) is 4.79 Å². The van der Waals surface area contributed by atoms with Crippen molar-refractivity contribution in [1.29, 1.82) is 0 Å². The van der Waals surface area contributed by atoms with Crippen LogP contribution in [-0.4, -0.2) is 34.5 Å². The summed E-state index contributed by atoms with van der Waals surface area (Å²) in [4.78, 5) is 58.0. The lowest BCUT2D eigenvalue weighted by atomic mass is 9.93. The number of esters is 2. The van der Waals surface area contributed by atoms with Gasteiger partial charge < -0.3 is 15.2 Å². The van der Waals surface area contributed by atoms with Gasteiger partial charge >= 0.3 is 11.9 Å². The summed E-state index contributed by atoms with van der Waals surface area (Å²) in [5.41, 5.74) is 0.334. The monoisotopic (exact) mass is 357 g/mol. The molecule has 0 radical (unpaired) electrons. The predicted octanol–water partition coefficient (Wildman–Crippen LogP) is 1.33. The number of amides is 1. The zero-order chi connectivity index (χ0) is 19.4. The maximum absolute atomic E-state index is 12.3. The van der Waals surface area contributed by atoms with Gasteiger partial charge in [-0.1, -0.05) is 18.2 Å². The Morgan fingerprint density at radius 2 is 1.88 bits per heavy atom. The van der Waals surface area contributed by atoms with Crippen molar-refractivity contribution >= 4 is 41.2 Å². The number of carbonyl (C=O) groups is 5. The number of rotatable bonds is 5. The van der Waals surface area contributed by atoms with Gasteiger partial charge in [0.1, 0.15) is 11.3 Å². The number of carbonyl (C=O) groups excluding carboxylic acids is 5. The molecule has 0 saturated carbocycles. The molecule has 1 aromatic rings. The zero-order valence-corrected chi connectivity index (χ0v) is 13.9. The number of aliphatic hydroxyl groups is 1. The Balaban J connectivity index is 2.27. The Hall–Kier alpha value is -3.55. The minimum Gasteiger partial charge on any atom is -0.510 e. The fourth-order valence-electron chi connectivity index (χ4n) is 2.33. The number of allylic oxidation sites excluding steroid dienone is 1. The number of hydrogen-bond donors (Lipinski definition) is 2. The highest BCUT2D eigenvalue weighted by molar-refractivity contribution is 6.24. The number of anilines is 1. The first-order chi connectivity index (χ1) is 12.2. The molecule has 1 atom stereocenters. The molecule has 1 amide bonds. The molecule has 0 spiro atoms. The molecule has 26 heavy (non-hydrogen) atoms. The first-order valence-electron chi connectivity index (χ1n) is 7.50. The van der Waals surface area contributed by atoms with Crippen LogP contribution in [0.3, 0.4) is 0 Å². The quantitative estimate of drug-likeness (QED) is 0.352. The van der Waals surface area contributed by atoms with Crippen molar-refractivity contribution in [1.82, 2.24) is 0 Å². The molecule has 1 aromatic carbocycles. The third-order valence-electron chi connectivity index (χ3n) is 3.45. The van der Waals surface area contributed by atoms with Crippen molar-refractivity contribution in [2.45, 2.75) is 13.8 Å². The van der Waals surface area contributed by atoms with Gasteiger partial charge in [-0.05, 0) is 30.7 Å². The van der Waals surface area contributed by atoms with Crippen molar-refractivity contribution < 1.29 is 33.8 Å². The standard InChI is InChI=1S/C18H15NO7/c1-9(20)14-16(23)15(18(25)26-17(14)24)13(22)7-6-11-4-3-5-12(8-11)19-10(2)21/h3-8,15,23H,1-2H3,(H,19,21). The molecular weight excluding hydrogens is 342 g/mol. The third-order valence-corrected chi connectivity index (χ3v) is 3.45. The largest absolute Gasteiger partial charge is 0.510 e. The average molecular weight is 357 g/mol. The zero-order valence-electron chi connectivity index (χ0n) is 13.9. The van der Waals surface area contributed by atoms with Crippen LogP contribution in [0.1, 0.15) is 19.4 Å². The number of benzene rings is 1. The summed E-state index contributed by atoms with van der Waals surface area (Å²) in [5.74, 6) is -7.16. The Labute approximate surface area is 148 Å². The van der Waals surface area contributed by atoms with Gasteiger partial charge in [0.05, 0.1) is 0 Å². The highest BCUT2D eigenvalue weighted by Gasteiger charge is 2.42. The number of hydrogen-bond acceptors (Lipinski definition) is 7. The lowest BCUT2D eigenvalue weighted by Gasteiger charge is -2.19. The maximum Gasteiger partial charge on any atom is 0.352 e. The second-order valence-electron chi connectivity index (χ2n) is 5.50. The number of cyclic esters (lactones) is 2. The SMILES string of the molecule is CC(=O)Nc1cccc(C=CC(=O)C2C(=O)OC(=O)C(C(C)=O)=C2O)c1. The summed E-state index contributed by atoms with van der Waals surface area (Å²) >= 11 is 0. The molecule has 2 N–H and O–H groups in total. The van der Waals surface area contributed by atoms with Crippen LogP contribution in [0, 0.1) is 5.92 Å². The van der Waals surface area contributed by atoms with E-state index in [1.165, 1.54) is 13.0 Å². The fraction of sp³-hybridized carbons (Fsp3) is 0.167. The fourth-order valence-corrected chi connectivity index (χ4v) is 2.33. The van der Waals surface area contributed by atoms with E-state index in [1.807, 2.05) is 0 Å². The van der Waals surface area contributed by atoms with Gasteiger partial charge in [0.25, 0.3) is 0 Å². The smallest absolute Gasteiger partial charge is 0.352 e. The van der Waals surface area contributed by atoms with Crippen molar-refractivity contribution in [3.63, 3.8) is 0 Å². The first-order valence-corrected chi connectivity index (χ1v) is 7.50. The molecule has 8 nitrogen and oxygen atoms in total. The Kier molecular flexibility index (Phi) is 5.46. The van der Waals surface area contributed by atoms with Crippen LogP contribution in [0.5, 0.6) is 0 Å². The molecule has 0 saturated heterocycles. The molecule has 0 aromatic heterocycles. The normalized spacial score (nSPS) is 17.2. The number of Topliss-reactive ketones (excluding diaryl/α,β-unsaturated/α-hetero) is 1. The lowest BCUT2D eigenvalue weighted by Crippen LogP contribution is -2.37. The molecule has 1 heterocycles. The van der Waals surface area contributed by atoms with Crippen molar-refractivity contribution in [3.05, 3.63) is 47.2 Å². The molecule has 2 rings (SSSR count). The topological polar surface area (TPSA) is 127 Å². The van der Waals surface area contributed by atoms with E-state index in [1.54, 1.807) is 24.3 Å². The molecule has 0 bridgehead atoms. The van der Waals surface area contributed by atoms with Crippen LogP contribution < -0.4 is 5.32 Å². The summed E-state index contributed by atoms with van der Waals surface area (Å²) in [6.45, 7) is 2.36. The van der Waals surface area contributed by atoms with Gasteiger partial charge in [-0.2, -0.15) is 0 Å². The van der Waals surface area contributed by atoms with Gasteiger partial charge in [0.15, 0.2) is 17.5 Å². The van der Waals surface area contributed by atoms with Crippen LogP contribution in [0.15, 0.2) is 41.7 Å². The molecule has 1 unspecified atom stereocenters. The molecule has 1 aliphatic heterocycles. The van der Waals surface area contributed by atoms with Crippen LogP contribution in [-0.2, 0) is 28.7 Å². The number of nitrogens with one attached hydrogen (secondary N) is 1. The van der Waals surface area contributed by atoms with E-state index in [2.05, 4.69) is 10.1 Å². The summed E-state index contributed by atoms with van der Waals surface area (Å²) in [6.07, 6.45) is 2.38. The minimum atomic E-state index is -1.78.